The van der Waals surface area contributed by atoms with Crippen LogP contribution in [0.4, 0.5) is 0 Å². The number of hydrogen-bond donors (Lipinski definition) is 1. The predicted molar refractivity (Wildman–Crippen MR) is 80.3 cm³/mol. The molecule has 0 aliphatic heterocycles. The van der Waals surface area contributed by atoms with Gasteiger partial charge in [-0.05, 0) is 36.2 Å². The monoisotopic (exact) mass is 277 g/mol. The standard InChI is InChI=1S/C15H16ClNS/c16-13-6-8-15(9-7-13)18-11-14(17)10-12-4-2-1-3-5-12/h1-9,14H,10-11,17H2. The summed E-state index contributed by atoms with van der Waals surface area (Å²) in [5.41, 5.74) is 7.43. The average Bonchev–Trinajstić information content (AvgIpc) is 2.39. The summed E-state index contributed by atoms with van der Waals surface area (Å²) in [6, 6.07) is 18.4. The smallest absolute Gasteiger partial charge is 0.0406 e. The minimum atomic E-state index is 0.174. The molecule has 0 radical (unpaired) electrons. The van der Waals surface area contributed by atoms with Gasteiger partial charge in [0, 0.05) is 21.7 Å². The average molecular weight is 278 g/mol. The summed E-state index contributed by atoms with van der Waals surface area (Å²) in [7, 11) is 0. The lowest BCUT2D eigenvalue weighted by Gasteiger charge is -2.11. The van der Waals surface area contributed by atoms with Gasteiger partial charge in [-0.2, -0.15) is 0 Å². The van der Waals surface area contributed by atoms with E-state index in [2.05, 4.69) is 12.1 Å². The first-order valence-corrected chi connectivity index (χ1v) is 7.28. The second-order valence-corrected chi connectivity index (χ2v) is 5.74. The molecule has 18 heavy (non-hydrogen) atoms. The van der Waals surface area contributed by atoms with Crippen LogP contribution in [0.1, 0.15) is 5.56 Å². The number of halogens is 1. The van der Waals surface area contributed by atoms with E-state index in [1.165, 1.54) is 10.5 Å². The van der Waals surface area contributed by atoms with Crippen molar-refractivity contribution >= 4 is 23.4 Å². The third-order valence-corrected chi connectivity index (χ3v) is 4.07. The van der Waals surface area contributed by atoms with Crippen LogP contribution in [0.25, 0.3) is 0 Å². The van der Waals surface area contributed by atoms with Crippen molar-refractivity contribution < 1.29 is 0 Å². The van der Waals surface area contributed by atoms with Crippen LogP contribution in [0.15, 0.2) is 59.5 Å². The fourth-order valence-corrected chi connectivity index (χ4v) is 2.69. The predicted octanol–water partition coefficient (Wildman–Crippen LogP) is 4.00. The van der Waals surface area contributed by atoms with Crippen LogP contribution in [0.2, 0.25) is 5.02 Å². The number of rotatable bonds is 5. The molecule has 2 N–H and O–H groups in total. The highest BCUT2D eigenvalue weighted by Crippen LogP contribution is 2.21. The quantitative estimate of drug-likeness (QED) is 0.836. The zero-order chi connectivity index (χ0) is 12.8. The molecule has 0 aromatic heterocycles. The van der Waals surface area contributed by atoms with E-state index in [-0.39, 0.29) is 6.04 Å². The van der Waals surface area contributed by atoms with Crippen molar-refractivity contribution in [1.29, 1.82) is 0 Å². The van der Waals surface area contributed by atoms with E-state index in [0.29, 0.717) is 0 Å². The molecule has 94 valence electrons. The van der Waals surface area contributed by atoms with Crippen molar-refractivity contribution in [2.75, 3.05) is 5.75 Å². The first-order valence-electron chi connectivity index (χ1n) is 5.92. The summed E-state index contributed by atoms with van der Waals surface area (Å²) < 4.78 is 0. The molecule has 0 fully saturated rings. The number of hydrogen-bond acceptors (Lipinski definition) is 2. The van der Waals surface area contributed by atoms with Crippen LogP contribution in [0, 0.1) is 0 Å². The summed E-state index contributed by atoms with van der Waals surface area (Å²) in [4.78, 5) is 1.21. The zero-order valence-electron chi connectivity index (χ0n) is 10.1. The minimum absolute atomic E-state index is 0.174. The molecule has 1 atom stereocenters. The van der Waals surface area contributed by atoms with Crippen LogP contribution in [-0.4, -0.2) is 11.8 Å². The molecular formula is C15H16ClNS. The highest BCUT2D eigenvalue weighted by Gasteiger charge is 2.05. The SMILES string of the molecule is NC(CSc1ccc(Cl)cc1)Cc1ccccc1. The Kier molecular flexibility index (Phi) is 5.12. The highest BCUT2D eigenvalue weighted by atomic mass is 35.5. The molecule has 2 rings (SSSR count). The Bertz CT molecular complexity index is 470. The van der Waals surface area contributed by atoms with E-state index in [4.69, 9.17) is 17.3 Å². The van der Waals surface area contributed by atoms with E-state index in [9.17, 15) is 0 Å². The van der Waals surface area contributed by atoms with E-state index >= 15 is 0 Å². The highest BCUT2D eigenvalue weighted by molar-refractivity contribution is 7.99. The van der Waals surface area contributed by atoms with Crippen LogP contribution in [-0.2, 0) is 6.42 Å². The van der Waals surface area contributed by atoms with Crippen molar-refractivity contribution in [3.8, 4) is 0 Å². The van der Waals surface area contributed by atoms with Gasteiger partial charge in [-0.15, -0.1) is 11.8 Å². The van der Waals surface area contributed by atoms with E-state index < -0.39 is 0 Å². The Labute approximate surface area is 117 Å². The number of nitrogens with two attached hydrogens (primary N) is 1. The third-order valence-electron chi connectivity index (χ3n) is 2.62. The van der Waals surface area contributed by atoms with Gasteiger partial charge in [0.1, 0.15) is 0 Å². The Morgan fingerprint density at radius 3 is 2.33 bits per heavy atom. The van der Waals surface area contributed by atoms with Gasteiger partial charge >= 0.3 is 0 Å². The van der Waals surface area contributed by atoms with Gasteiger partial charge in [-0.25, -0.2) is 0 Å². The molecule has 0 saturated heterocycles. The Balaban J connectivity index is 1.81. The Morgan fingerprint density at radius 1 is 1.00 bits per heavy atom. The largest absolute Gasteiger partial charge is 0.327 e. The fourth-order valence-electron chi connectivity index (χ4n) is 1.71. The molecule has 0 amide bonds. The van der Waals surface area contributed by atoms with Crippen molar-refractivity contribution in [2.24, 2.45) is 5.73 Å². The summed E-state index contributed by atoms with van der Waals surface area (Å²) in [5.74, 6) is 0.913. The molecule has 0 spiro atoms. The van der Waals surface area contributed by atoms with E-state index in [0.717, 1.165) is 17.2 Å². The maximum Gasteiger partial charge on any atom is 0.0406 e. The van der Waals surface area contributed by atoms with Crippen molar-refractivity contribution in [2.45, 2.75) is 17.4 Å². The second kappa shape index (κ2) is 6.83. The number of benzene rings is 2. The van der Waals surface area contributed by atoms with Gasteiger partial charge < -0.3 is 5.73 Å². The van der Waals surface area contributed by atoms with Gasteiger partial charge in [0.05, 0.1) is 0 Å². The minimum Gasteiger partial charge on any atom is -0.327 e. The molecule has 1 unspecified atom stereocenters. The molecule has 0 heterocycles. The second-order valence-electron chi connectivity index (χ2n) is 4.21. The summed E-state index contributed by atoms with van der Waals surface area (Å²) in [6.07, 6.45) is 0.918. The molecule has 0 bridgehead atoms. The molecule has 0 aliphatic carbocycles. The zero-order valence-corrected chi connectivity index (χ0v) is 11.6. The molecule has 2 aromatic carbocycles. The first kappa shape index (κ1) is 13.5. The van der Waals surface area contributed by atoms with Crippen LogP contribution in [0.5, 0.6) is 0 Å². The molecule has 3 heteroatoms. The van der Waals surface area contributed by atoms with E-state index in [1.807, 2.05) is 42.5 Å². The van der Waals surface area contributed by atoms with E-state index in [1.54, 1.807) is 11.8 Å². The summed E-state index contributed by atoms with van der Waals surface area (Å²) in [6.45, 7) is 0. The molecular weight excluding hydrogens is 262 g/mol. The number of thioether (sulfide) groups is 1. The van der Waals surface area contributed by atoms with Gasteiger partial charge in [-0.1, -0.05) is 41.9 Å². The Morgan fingerprint density at radius 2 is 1.67 bits per heavy atom. The van der Waals surface area contributed by atoms with Gasteiger partial charge in [-0.3, -0.25) is 0 Å². The molecule has 0 aliphatic rings. The Hall–Kier alpha value is -0.960. The normalized spacial score (nSPS) is 12.3. The van der Waals surface area contributed by atoms with Crippen molar-refractivity contribution in [3.05, 3.63) is 65.2 Å². The lowest BCUT2D eigenvalue weighted by atomic mass is 10.1. The van der Waals surface area contributed by atoms with Gasteiger partial charge in [0.15, 0.2) is 0 Å². The molecule has 1 nitrogen and oxygen atoms in total. The lowest BCUT2D eigenvalue weighted by Crippen LogP contribution is -2.25. The maximum absolute atomic E-state index is 6.14. The third kappa shape index (κ3) is 4.37. The summed E-state index contributed by atoms with van der Waals surface area (Å²) >= 11 is 7.62. The first-order chi connectivity index (χ1) is 8.74. The van der Waals surface area contributed by atoms with Crippen LogP contribution < -0.4 is 5.73 Å². The molecule has 2 aromatic rings. The van der Waals surface area contributed by atoms with Crippen molar-refractivity contribution in [1.82, 2.24) is 0 Å². The van der Waals surface area contributed by atoms with Crippen LogP contribution in [0.3, 0.4) is 0 Å². The topological polar surface area (TPSA) is 26.0 Å². The molecule has 0 saturated carbocycles. The maximum atomic E-state index is 6.14. The van der Waals surface area contributed by atoms with Crippen molar-refractivity contribution in [3.63, 3.8) is 0 Å². The van der Waals surface area contributed by atoms with Gasteiger partial charge in [0.25, 0.3) is 0 Å². The van der Waals surface area contributed by atoms with Crippen LogP contribution >= 0.6 is 23.4 Å². The van der Waals surface area contributed by atoms with Gasteiger partial charge in [0.2, 0.25) is 0 Å². The fraction of sp³-hybridized carbons (Fsp3) is 0.200. The lowest BCUT2D eigenvalue weighted by molar-refractivity contribution is 0.749. The summed E-state index contributed by atoms with van der Waals surface area (Å²) in [5, 5.41) is 0.771.